The van der Waals surface area contributed by atoms with E-state index in [-0.39, 0.29) is 12.2 Å². The third-order valence-electron chi connectivity index (χ3n) is 3.60. The van der Waals surface area contributed by atoms with Crippen molar-refractivity contribution >= 4 is 33.0 Å². The van der Waals surface area contributed by atoms with Crippen LogP contribution in [0.4, 0.5) is 0 Å². The average Bonchev–Trinajstić information content (AvgIpc) is 3.10. The minimum atomic E-state index is -3.45. The van der Waals surface area contributed by atoms with Crippen LogP contribution < -0.4 is 0 Å². The zero-order valence-corrected chi connectivity index (χ0v) is 13.2. The van der Waals surface area contributed by atoms with Crippen LogP contribution in [-0.2, 0) is 19.5 Å². The van der Waals surface area contributed by atoms with Crippen LogP contribution in [0.3, 0.4) is 0 Å². The average molecular weight is 338 g/mol. The first-order valence-electron chi connectivity index (χ1n) is 6.56. The Bertz CT molecular complexity index is 568. The van der Waals surface area contributed by atoms with Gasteiger partial charge >= 0.3 is 0 Å². The van der Waals surface area contributed by atoms with Gasteiger partial charge < -0.3 is 9.47 Å². The van der Waals surface area contributed by atoms with E-state index < -0.39 is 10.0 Å². The molecule has 0 aliphatic carbocycles. The molecule has 0 bridgehead atoms. The van der Waals surface area contributed by atoms with Gasteiger partial charge in [-0.1, -0.05) is 11.6 Å². The lowest BCUT2D eigenvalue weighted by Crippen LogP contribution is -2.43. The molecule has 0 radical (unpaired) electrons. The second kappa shape index (κ2) is 5.90. The molecule has 0 aromatic carbocycles. The first kappa shape index (κ1) is 14.7. The van der Waals surface area contributed by atoms with Crippen molar-refractivity contribution in [2.24, 2.45) is 5.92 Å². The Morgan fingerprint density at radius 2 is 2.05 bits per heavy atom. The van der Waals surface area contributed by atoms with Crippen LogP contribution in [0, 0.1) is 5.92 Å². The summed E-state index contributed by atoms with van der Waals surface area (Å²) in [6, 6.07) is 3.18. The summed E-state index contributed by atoms with van der Waals surface area (Å²) in [7, 11) is -3.45. The number of rotatable bonds is 3. The maximum absolute atomic E-state index is 12.6. The molecule has 5 nitrogen and oxygen atoms in total. The van der Waals surface area contributed by atoms with Crippen molar-refractivity contribution in [3.05, 3.63) is 16.5 Å². The summed E-state index contributed by atoms with van der Waals surface area (Å²) < 4.78 is 38.4. The molecule has 1 aromatic heterocycles. The van der Waals surface area contributed by atoms with Crippen molar-refractivity contribution in [1.29, 1.82) is 0 Å². The monoisotopic (exact) mass is 337 g/mol. The Hall–Kier alpha value is -0.180. The number of ether oxygens (including phenoxy) is 2. The summed E-state index contributed by atoms with van der Waals surface area (Å²) in [5.41, 5.74) is 0. The fourth-order valence-electron chi connectivity index (χ4n) is 2.63. The highest BCUT2D eigenvalue weighted by molar-refractivity contribution is 7.91. The van der Waals surface area contributed by atoms with Gasteiger partial charge in [-0.25, -0.2) is 8.42 Å². The molecule has 3 rings (SSSR count). The van der Waals surface area contributed by atoms with Crippen LogP contribution in [-0.4, -0.2) is 45.3 Å². The molecule has 2 aliphatic heterocycles. The second-order valence-corrected chi connectivity index (χ2v) is 8.81. The van der Waals surface area contributed by atoms with Gasteiger partial charge in [0.25, 0.3) is 10.0 Å². The molecular formula is C12H16ClNO4S2. The van der Waals surface area contributed by atoms with Crippen LogP contribution in [0.25, 0.3) is 0 Å². The summed E-state index contributed by atoms with van der Waals surface area (Å²) in [5.74, 6) is 0.108. The molecule has 0 N–H and O–H groups in total. The fourth-order valence-corrected chi connectivity index (χ4v) is 5.80. The molecule has 1 aromatic rings. The molecule has 8 heteroatoms. The molecule has 3 heterocycles. The van der Waals surface area contributed by atoms with Gasteiger partial charge in [0, 0.05) is 19.0 Å². The van der Waals surface area contributed by atoms with Crippen LogP contribution in [0.1, 0.15) is 12.8 Å². The standard InChI is InChI=1S/C12H16ClNO4S2/c13-10-3-4-11(19-10)20(15,16)14-5-1-2-9(8-14)12-17-6-7-18-12/h3-4,9,12H,1-2,5-8H2. The predicted octanol–water partition coefficient (Wildman–Crippen LogP) is 2.18. The number of piperidine rings is 1. The van der Waals surface area contributed by atoms with Gasteiger partial charge in [0.15, 0.2) is 6.29 Å². The number of hydrogen-bond acceptors (Lipinski definition) is 5. The summed E-state index contributed by atoms with van der Waals surface area (Å²) >= 11 is 6.93. The number of hydrogen-bond donors (Lipinski definition) is 0. The van der Waals surface area contributed by atoms with Crippen molar-refractivity contribution in [3.8, 4) is 0 Å². The van der Waals surface area contributed by atoms with Gasteiger partial charge in [-0.05, 0) is 25.0 Å². The first-order chi connectivity index (χ1) is 9.57. The normalized spacial score (nSPS) is 26.1. The molecule has 1 atom stereocenters. The van der Waals surface area contributed by atoms with Crippen LogP contribution in [0.5, 0.6) is 0 Å². The lowest BCUT2D eigenvalue weighted by atomic mass is 9.99. The zero-order chi connectivity index (χ0) is 14.2. The van der Waals surface area contributed by atoms with Gasteiger partial charge in [0.1, 0.15) is 4.21 Å². The second-order valence-electron chi connectivity index (χ2n) is 4.93. The Morgan fingerprint density at radius 1 is 1.30 bits per heavy atom. The van der Waals surface area contributed by atoms with E-state index >= 15 is 0 Å². The SMILES string of the molecule is O=S(=O)(c1ccc(Cl)s1)N1CCCC(C2OCCO2)C1. The zero-order valence-electron chi connectivity index (χ0n) is 10.8. The third kappa shape index (κ3) is 2.88. The number of sulfonamides is 1. The molecule has 2 fully saturated rings. The molecule has 2 saturated heterocycles. The summed E-state index contributed by atoms with van der Waals surface area (Å²) in [5, 5.41) is 0. The highest BCUT2D eigenvalue weighted by atomic mass is 35.5. The Balaban J connectivity index is 1.75. The number of nitrogens with zero attached hydrogens (tertiary/aromatic N) is 1. The molecule has 2 aliphatic rings. The van der Waals surface area contributed by atoms with E-state index in [4.69, 9.17) is 21.1 Å². The Morgan fingerprint density at radius 3 is 2.70 bits per heavy atom. The molecular weight excluding hydrogens is 322 g/mol. The van der Waals surface area contributed by atoms with E-state index in [1.165, 1.54) is 4.31 Å². The van der Waals surface area contributed by atoms with Crippen molar-refractivity contribution < 1.29 is 17.9 Å². The quantitative estimate of drug-likeness (QED) is 0.848. The molecule has 20 heavy (non-hydrogen) atoms. The van der Waals surface area contributed by atoms with Crippen molar-refractivity contribution in [2.45, 2.75) is 23.3 Å². The Labute approximate surface area is 127 Å². The van der Waals surface area contributed by atoms with E-state index in [9.17, 15) is 8.42 Å². The van der Waals surface area contributed by atoms with E-state index in [0.717, 1.165) is 24.2 Å². The molecule has 1 unspecified atom stereocenters. The topological polar surface area (TPSA) is 55.8 Å². The summed E-state index contributed by atoms with van der Waals surface area (Å²) in [6.07, 6.45) is 1.49. The molecule has 112 valence electrons. The van der Waals surface area contributed by atoms with Crippen molar-refractivity contribution in [3.63, 3.8) is 0 Å². The van der Waals surface area contributed by atoms with Crippen LogP contribution in [0.15, 0.2) is 16.3 Å². The Kier molecular flexibility index (Phi) is 4.35. The van der Waals surface area contributed by atoms with Gasteiger partial charge in [-0.15, -0.1) is 11.3 Å². The number of halogens is 1. The minimum absolute atomic E-state index is 0.108. The maximum Gasteiger partial charge on any atom is 0.252 e. The van der Waals surface area contributed by atoms with E-state index in [0.29, 0.717) is 34.8 Å². The fraction of sp³-hybridized carbons (Fsp3) is 0.667. The molecule has 0 saturated carbocycles. The summed E-state index contributed by atoms with van der Waals surface area (Å²) in [4.78, 5) is 0. The van der Waals surface area contributed by atoms with Gasteiger partial charge in [-0.3, -0.25) is 0 Å². The van der Waals surface area contributed by atoms with Gasteiger partial charge in [0.05, 0.1) is 17.6 Å². The smallest absolute Gasteiger partial charge is 0.252 e. The minimum Gasteiger partial charge on any atom is -0.350 e. The summed E-state index contributed by atoms with van der Waals surface area (Å²) in [6.45, 7) is 2.17. The van der Waals surface area contributed by atoms with Crippen molar-refractivity contribution in [2.75, 3.05) is 26.3 Å². The molecule has 0 amide bonds. The van der Waals surface area contributed by atoms with E-state index in [1.807, 2.05) is 0 Å². The third-order valence-corrected chi connectivity index (χ3v) is 7.16. The highest BCUT2D eigenvalue weighted by Crippen LogP contribution is 2.32. The number of thiophene rings is 1. The van der Waals surface area contributed by atoms with E-state index in [2.05, 4.69) is 0 Å². The van der Waals surface area contributed by atoms with Gasteiger partial charge in [0.2, 0.25) is 0 Å². The first-order valence-corrected chi connectivity index (χ1v) is 9.19. The van der Waals surface area contributed by atoms with Gasteiger partial charge in [-0.2, -0.15) is 4.31 Å². The largest absolute Gasteiger partial charge is 0.350 e. The van der Waals surface area contributed by atoms with Crippen LogP contribution in [0.2, 0.25) is 4.34 Å². The maximum atomic E-state index is 12.6. The lowest BCUT2D eigenvalue weighted by Gasteiger charge is -2.33. The van der Waals surface area contributed by atoms with Crippen molar-refractivity contribution in [1.82, 2.24) is 4.31 Å². The highest BCUT2D eigenvalue weighted by Gasteiger charge is 2.36. The van der Waals surface area contributed by atoms with Crippen LogP contribution >= 0.6 is 22.9 Å². The molecule has 0 spiro atoms. The predicted molar refractivity (Wildman–Crippen MR) is 76.5 cm³/mol. The lowest BCUT2D eigenvalue weighted by molar-refractivity contribution is -0.0940. The van der Waals surface area contributed by atoms with E-state index in [1.54, 1.807) is 12.1 Å².